The Hall–Kier alpha value is -3.42. The first-order valence-electron chi connectivity index (χ1n) is 12.6. The number of aryl methyl sites for hydroxylation is 1. The number of carbonyl (C=O) groups excluding carboxylic acids is 1. The number of nitrogen functional groups attached to an aromatic ring is 1. The number of aromatic hydroxyl groups is 1. The fourth-order valence-corrected chi connectivity index (χ4v) is 5.79. The van der Waals surface area contributed by atoms with Gasteiger partial charge in [-0.05, 0) is 25.0 Å². The number of halogens is 2. The van der Waals surface area contributed by atoms with Crippen molar-refractivity contribution in [3.8, 4) is 5.88 Å². The van der Waals surface area contributed by atoms with E-state index in [4.69, 9.17) is 17.3 Å². The van der Waals surface area contributed by atoms with Crippen LogP contribution in [0.1, 0.15) is 41.9 Å². The SMILES string of the molecule is Nc1nc(N2CCC([NH3+])(CF)CC2)cnc1Sc1cccc(NC(=O)c2c(O)nc3n(c2=O)CCCC3)c1Cl. The van der Waals surface area contributed by atoms with E-state index in [1.54, 1.807) is 24.4 Å². The molecule has 0 saturated carbocycles. The van der Waals surface area contributed by atoms with E-state index in [-0.39, 0.29) is 16.5 Å². The lowest BCUT2D eigenvalue weighted by Gasteiger charge is -2.35. The number of nitrogens with zero attached hydrogens (tertiary/aromatic N) is 5. The monoisotopic (exact) mass is 575 g/mol. The van der Waals surface area contributed by atoms with Crippen LogP contribution in [0.5, 0.6) is 5.88 Å². The van der Waals surface area contributed by atoms with Gasteiger partial charge in [-0.15, -0.1) is 0 Å². The Morgan fingerprint density at radius 3 is 2.74 bits per heavy atom. The van der Waals surface area contributed by atoms with Gasteiger partial charge in [0.25, 0.3) is 11.5 Å². The maximum atomic E-state index is 13.2. The molecular weight excluding hydrogens is 547 g/mol. The number of fused-ring (bicyclic) bond motifs is 1. The van der Waals surface area contributed by atoms with Gasteiger partial charge in [0.1, 0.15) is 28.9 Å². The van der Waals surface area contributed by atoms with Crippen molar-refractivity contribution in [2.45, 2.75) is 54.1 Å². The minimum atomic E-state index is -0.806. The summed E-state index contributed by atoms with van der Waals surface area (Å²) in [6.07, 6.45) is 5.07. The molecule has 2 aromatic heterocycles. The maximum Gasteiger partial charge on any atom is 0.270 e. The predicted molar refractivity (Wildman–Crippen MR) is 146 cm³/mol. The van der Waals surface area contributed by atoms with Gasteiger partial charge in [-0.25, -0.2) is 14.4 Å². The summed E-state index contributed by atoms with van der Waals surface area (Å²) in [6.45, 7) is 1.22. The summed E-state index contributed by atoms with van der Waals surface area (Å²) in [7, 11) is 0. The number of carbonyl (C=O) groups is 1. The Kier molecular flexibility index (Phi) is 7.65. The number of piperidine rings is 1. The second-order valence-corrected chi connectivity index (χ2v) is 11.3. The Bertz CT molecular complexity index is 1480. The van der Waals surface area contributed by atoms with Gasteiger partial charge in [0.05, 0.1) is 16.9 Å². The summed E-state index contributed by atoms with van der Waals surface area (Å²) >= 11 is 7.77. The van der Waals surface area contributed by atoms with Crippen molar-refractivity contribution in [1.82, 2.24) is 19.5 Å². The van der Waals surface area contributed by atoms with Gasteiger partial charge < -0.3 is 26.8 Å². The fourth-order valence-electron chi connectivity index (χ4n) is 4.69. The Morgan fingerprint density at radius 1 is 1.26 bits per heavy atom. The number of hydrogen-bond acceptors (Lipinski definition) is 9. The highest BCUT2D eigenvalue weighted by atomic mass is 35.5. The largest absolute Gasteiger partial charge is 0.493 e. The number of aromatic nitrogens is 4. The summed E-state index contributed by atoms with van der Waals surface area (Å²) < 4.78 is 14.7. The third kappa shape index (κ3) is 5.52. The van der Waals surface area contributed by atoms with E-state index in [2.05, 4.69) is 26.0 Å². The quantitative estimate of drug-likeness (QED) is 0.344. The van der Waals surface area contributed by atoms with Gasteiger partial charge in [0, 0.05) is 43.8 Å². The average molecular weight is 576 g/mol. The lowest BCUT2D eigenvalue weighted by atomic mass is 9.90. The lowest BCUT2D eigenvalue weighted by Crippen LogP contribution is -2.76. The highest BCUT2D eigenvalue weighted by Gasteiger charge is 2.35. The number of benzene rings is 1. The third-order valence-electron chi connectivity index (χ3n) is 7.09. The van der Waals surface area contributed by atoms with E-state index in [9.17, 15) is 19.1 Å². The number of nitrogens with one attached hydrogen (secondary N) is 1. The number of quaternary nitrogens is 1. The van der Waals surface area contributed by atoms with Crippen LogP contribution in [0.3, 0.4) is 0 Å². The van der Waals surface area contributed by atoms with E-state index in [0.29, 0.717) is 60.5 Å². The number of amides is 1. The molecule has 0 spiro atoms. The van der Waals surface area contributed by atoms with Crippen LogP contribution in [0.4, 0.5) is 21.7 Å². The highest BCUT2D eigenvalue weighted by molar-refractivity contribution is 7.99. The fraction of sp³-hybridized carbons (Fsp3) is 0.400. The van der Waals surface area contributed by atoms with E-state index >= 15 is 0 Å². The van der Waals surface area contributed by atoms with Crippen molar-refractivity contribution in [2.75, 3.05) is 35.7 Å². The van der Waals surface area contributed by atoms with Crippen LogP contribution in [-0.4, -0.2) is 55.8 Å². The van der Waals surface area contributed by atoms with Gasteiger partial charge in [0.2, 0.25) is 5.88 Å². The number of rotatable bonds is 6. The molecule has 1 amide bonds. The van der Waals surface area contributed by atoms with Crippen LogP contribution in [-0.2, 0) is 13.0 Å². The number of nitrogens with two attached hydrogens (primary N) is 1. The van der Waals surface area contributed by atoms with Crippen molar-refractivity contribution in [3.63, 3.8) is 0 Å². The molecule has 206 valence electrons. The first-order chi connectivity index (χ1) is 18.7. The normalized spacial score (nSPS) is 16.5. The van der Waals surface area contributed by atoms with Crippen LogP contribution in [0.2, 0.25) is 5.02 Å². The first kappa shape index (κ1) is 27.2. The summed E-state index contributed by atoms with van der Waals surface area (Å²) in [6, 6.07) is 5.00. The Morgan fingerprint density at radius 2 is 2.03 bits per heavy atom. The number of hydrogen-bond donors (Lipinski definition) is 4. The van der Waals surface area contributed by atoms with E-state index in [0.717, 1.165) is 12.8 Å². The van der Waals surface area contributed by atoms with Crippen LogP contribution in [0, 0.1) is 0 Å². The minimum Gasteiger partial charge on any atom is -0.493 e. The van der Waals surface area contributed by atoms with Gasteiger partial charge in [-0.2, -0.15) is 4.98 Å². The van der Waals surface area contributed by atoms with Gasteiger partial charge in [-0.1, -0.05) is 29.4 Å². The molecule has 4 heterocycles. The molecule has 0 unspecified atom stereocenters. The van der Waals surface area contributed by atoms with E-state index in [1.165, 1.54) is 16.3 Å². The first-order valence-corrected chi connectivity index (χ1v) is 13.8. The van der Waals surface area contributed by atoms with Crippen LogP contribution in [0.15, 0.2) is 39.1 Å². The molecule has 0 aliphatic carbocycles. The zero-order valence-electron chi connectivity index (χ0n) is 21.1. The van der Waals surface area contributed by atoms with E-state index in [1.807, 2.05) is 4.90 Å². The standard InChI is InChI=1S/C25H28ClFN8O3S/c26-19-14(31-21(36)18-22(37)33-16-6-1-2-9-35(16)24(18)38)4-3-5-15(19)39-23-20(28)32-17(12-30-23)34-10-7-25(29,13-27)8-11-34/h3-5,12,37H,1-2,6-11,13,29H2,(H2,28,32)(H,31,36)/p+1. The molecule has 0 radical (unpaired) electrons. The maximum absolute atomic E-state index is 13.2. The molecule has 3 aromatic rings. The second-order valence-electron chi connectivity index (χ2n) is 9.85. The zero-order valence-corrected chi connectivity index (χ0v) is 22.7. The van der Waals surface area contributed by atoms with Crippen molar-refractivity contribution < 1.29 is 20.0 Å². The minimum absolute atomic E-state index is 0.207. The molecule has 5 rings (SSSR count). The van der Waals surface area contributed by atoms with Crippen molar-refractivity contribution in [3.05, 3.63) is 51.2 Å². The summed E-state index contributed by atoms with van der Waals surface area (Å²) in [5.74, 6) is -0.126. The smallest absolute Gasteiger partial charge is 0.270 e. The summed E-state index contributed by atoms with van der Waals surface area (Å²) in [5, 5.41) is 13.6. The third-order valence-corrected chi connectivity index (χ3v) is 8.68. The molecule has 0 bridgehead atoms. The molecule has 2 aliphatic rings. The predicted octanol–water partition coefficient (Wildman–Crippen LogP) is 2.26. The van der Waals surface area contributed by atoms with Gasteiger partial charge in [-0.3, -0.25) is 14.2 Å². The van der Waals surface area contributed by atoms with E-state index < -0.39 is 35.1 Å². The lowest BCUT2D eigenvalue weighted by molar-refractivity contribution is -0.484. The topological polar surface area (TPSA) is 167 Å². The molecule has 11 nitrogen and oxygen atoms in total. The Labute approximate surface area is 232 Å². The van der Waals surface area contributed by atoms with Crippen molar-refractivity contribution in [1.29, 1.82) is 0 Å². The molecule has 1 aromatic carbocycles. The molecule has 0 atom stereocenters. The Balaban J connectivity index is 1.32. The van der Waals surface area contributed by atoms with Gasteiger partial charge in [0.15, 0.2) is 11.4 Å². The zero-order chi connectivity index (χ0) is 27.7. The van der Waals surface area contributed by atoms with Crippen LogP contribution in [0.25, 0.3) is 0 Å². The molecule has 1 fully saturated rings. The summed E-state index contributed by atoms with van der Waals surface area (Å²) in [5.41, 5.74) is 8.89. The van der Waals surface area contributed by atoms with Crippen molar-refractivity contribution in [2.24, 2.45) is 0 Å². The molecule has 2 aliphatic heterocycles. The molecule has 7 N–H and O–H groups in total. The second kappa shape index (κ2) is 11.0. The van der Waals surface area contributed by atoms with Crippen molar-refractivity contribution >= 4 is 46.6 Å². The molecule has 14 heteroatoms. The number of alkyl halides is 1. The molecule has 1 saturated heterocycles. The van der Waals surface area contributed by atoms with Gasteiger partial charge >= 0.3 is 0 Å². The summed E-state index contributed by atoms with van der Waals surface area (Å²) in [4.78, 5) is 41.5. The van der Waals surface area contributed by atoms with Crippen LogP contribution < -0.4 is 27.2 Å². The molecular formula is C25H29ClFN8O3S+. The number of anilines is 3. The van der Waals surface area contributed by atoms with Crippen LogP contribution >= 0.6 is 23.4 Å². The molecule has 39 heavy (non-hydrogen) atoms. The highest BCUT2D eigenvalue weighted by Crippen LogP contribution is 2.39. The average Bonchev–Trinajstić information content (AvgIpc) is 2.92.